The summed E-state index contributed by atoms with van der Waals surface area (Å²) in [4.78, 5) is 0.00764. The maximum absolute atomic E-state index is 13.1. The van der Waals surface area contributed by atoms with Crippen LogP contribution in [0.2, 0.25) is 5.02 Å². The Bertz CT molecular complexity index is 604. The van der Waals surface area contributed by atoms with Crippen LogP contribution < -0.4 is 4.72 Å². The lowest BCUT2D eigenvalue weighted by Crippen LogP contribution is -2.29. The van der Waals surface area contributed by atoms with Gasteiger partial charge in [-0.25, -0.2) is 8.42 Å². The Kier molecular flexibility index (Phi) is 5.72. The van der Waals surface area contributed by atoms with Gasteiger partial charge in [-0.2, -0.15) is 8.78 Å². The van der Waals surface area contributed by atoms with Crippen LogP contribution in [0.25, 0.3) is 0 Å². The number of benzene rings is 1. The van der Waals surface area contributed by atoms with Crippen molar-refractivity contribution in [1.82, 2.24) is 0 Å². The zero-order valence-electron chi connectivity index (χ0n) is 9.63. The fourth-order valence-electron chi connectivity index (χ4n) is 1.06. The smallest absolute Gasteiger partial charge is 0.283 e. The largest absolute Gasteiger partial charge is 0.363 e. The monoisotopic (exact) mass is 403 g/mol. The van der Waals surface area contributed by atoms with E-state index in [0.717, 1.165) is 6.26 Å². The summed E-state index contributed by atoms with van der Waals surface area (Å²) in [6, 6.07) is 3.91. The number of anilines is 1. The molecule has 0 aromatic heterocycles. The van der Waals surface area contributed by atoms with Crippen LogP contribution >= 0.6 is 58.2 Å². The van der Waals surface area contributed by atoms with Crippen molar-refractivity contribution < 1.29 is 17.2 Å². The maximum Gasteiger partial charge on any atom is 0.363 e. The first-order chi connectivity index (χ1) is 8.82. The van der Waals surface area contributed by atoms with E-state index in [1.54, 1.807) is 0 Å². The minimum atomic E-state index is -3.94. The van der Waals surface area contributed by atoms with Crippen LogP contribution in [0.4, 0.5) is 14.5 Å². The van der Waals surface area contributed by atoms with Gasteiger partial charge in [0.1, 0.15) is 0 Å². The van der Waals surface area contributed by atoms with Crippen molar-refractivity contribution in [2.45, 2.75) is 13.9 Å². The molecule has 0 atom stereocenters. The first-order valence-corrected chi connectivity index (χ1v) is 8.95. The summed E-state index contributed by atoms with van der Waals surface area (Å²) in [6.45, 7) is 0. The Morgan fingerprint density at radius 3 is 2.25 bits per heavy atom. The molecule has 0 amide bonds. The highest BCUT2D eigenvalue weighted by atomic mass is 35.5. The summed E-state index contributed by atoms with van der Waals surface area (Å²) in [6.07, 6.45) is 0.904. The van der Waals surface area contributed by atoms with Crippen LogP contribution in [-0.4, -0.2) is 23.7 Å². The van der Waals surface area contributed by atoms with Crippen molar-refractivity contribution in [3.05, 3.63) is 23.2 Å². The molecule has 0 radical (unpaired) electrons. The second kappa shape index (κ2) is 6.22. The molecule has 0 unspecified atom stereocenters. The lowest BCUT2D eigenvalue weighted by molar-refractivity contribution is 0.103. The molecule has 0 bridgehead atoms. The number of halogens is 6. The second-order valence-electron chi connectivity index (χ2n) is 3.63. The summed E-state index contributed by atoms with van der Waals surface area (Å²) >= 11 is 21.8. The normalized spacial score (nSPS) is 13.3. The SMILES string of the molecule is CS(=O)(=O)Nc1ccc(Cl)cc1SC(Cl)(Cl)C(F)(F)Cl. The first kappa shape index (κ1) is 18.4. The van der Waals surface area contributed by atoms with E-state index in [2.05, 4.69) is 4.72 Å². The molecular weight excluding hydrogens is 398 g/mol. The summed E-state index contributed by atoms with van der Waals surface area (Å²) < 4.78 is 48.0. The van der Waals surface area contributed by atoms with Gasteiger partial charge in [0, 0.05) is 9.92 Å². The van der Waals surface area contributed by atoms with Crippen molar-refractivity contribution >= 4 is 73.9 Å². The van der Waals surface area contributed by atoms with Gasteiger partial charge in [0.15, 0.2) is 0 Å². The summed E-state index contributed by atoms with van der Waals surface area (Å²) in [5.41, 5.74) is 0.00786. The molecule has 1 N–H and O–H groups in total. The van der Waals surface area contributed by atoms with Gasteiger partial charge in [-0.3, -0.25) is 4.72 Å². The standard InChI is InChI=1S/C9H7Cl4F2NO2S2/c1-20(17,18)16-6-3-2-5(10)4-7(6)19-8(11,12)9(13,14)15/h2-4,16H,1H3. The zero-order chi connectivity index (χ0) is 15.8. The number of thioether (sulfide) groups is 1. The molecule has 0 fully saturated rings. The summed E-state index contributed by atoms with van der Waals surface area (Å²) in [5.74, 6) is 0. The second-order valence-corrected chi connectivity index (χ2v) is 9.32. The summed E-state index contributed by atoms with van der Waals surface area (Å²) in [5, 5.41) is -3.75. The third kappa shape index (κ3) is 5.27. The Hall–Kier alpha value is 0.340. The Morgan fingerprint density at radius 1 is 1.25 bits per heavy atom. The van der Waals surface area contributed by atoms with Gasteiger partial charge in [-0.15, -0.1) is 0 Å². The van der Waals surface area contributed by atoms with Gasteiger partial charge in [-0.1, -0.05) is 46.6 Å². The molecule has 0 aliphatic rings. The Morgan fingerprint density at radius 2 is 1.80 bits per heavy atom. The average molecular weight is 405 g/mol. The van der Waals surface area contributed by atoms with Crippen molar-refractivity contribution in [3.8, 4) is 0 Å². The van der Waals surface area contributed by atoms with Crippen molar-refractivity contribution in [3.63, 3.8) is 0 Å². The van der Waals surface area contributed by atoms with Gasteiger partial charge in [0.05, 0.1) is 11.9 Å². The lowest BCUT2D eigenvalue weighted by atomic mass is 10.3. The van der Waals surface area contributed by atoms with E-state index in [-0.39, 0.29) is 27.4 Å². The highest BCUT2D eigenvalue weighted by molar-refractivity contribution is 8.03. The Balaban J connectivity index is 3.20. The predicted octanol–water partition coefficient (Wildman–Crippen LogP) is 4.77. The molecule has 0 saturated carbocycles. The van der Waals surface area contributed by atoms with Crippen LogP contribution in [0.3, 0.4) is 0 Å². The number of hydrogen-bond acceptors (Lipinski definition) is 3. The first-order valence-electron chi connectivity index (χ1n) is 4.73. The average Bonchev–Trinajstić information content (AvgIpc) is 2.18. The third-order valence-electron chi connectivity index (χ3n) is 1.81. The highest BCUT2D eigenvalue weighted by Crippen LogP contribution is 2.54. The maximum atomic E-state index is 13.1. The molecule has 1 aromatic rings. The van der Waals surface area contributed by atoms with Gasteiger partial charge in [-0.05, 0) is 29.8 Å². The van der Waals surface area contributed by atoms with Gasteiger partial charge in [0.25, 0.3) is 0 Å². The molecule has 0 aliphatic carbocycles. The van der Waals surface area contributed by atoms with E-state index in [1.165, 1.54) is 18.2 Å². The van der Waals surface area contributed by atoms with E-state index in [9.17, 15) is 17.2 Å². The van der Waals surface area contributed by atoms with Crippen molar-refractivity contribution in [2.75, 3.05) is 11.0 Å². The summed E-state index contributed by atoms with van der Waals surface area (Å²) in [7, 11) is -3.62. The van der Waals surface area contributed by atoms with Gasteiger partial charge in [0.2, 0.25) is 13.7 Å². The fraction of sp³-hybridized carbons (Fsp3) is 0.333. The third-order valence-corrected chi connectivity index (χ3v) is 5.23. The molecule has 114 valence electrons. The molecule has 0 heterocycles. The van der Waals surface area contributed by atoms with Crippen molar-refractivity contribution in [1.29, 1.82) is 0 Å². The minimum absolute atomic E-state index is 0.00764. The number of alkyl halides is 5. The van der Waals surface area contributed by atoms with E-state index < -0.39 is 19.1 Å². The van der Waals surface area contributed by atoms with Gasteiger partial charge >= 0.3 is 5.38 Å². The predicted molar refractivity (Wildman–Crippen MR) is 81.0 cm³/mol. The zero-order valence-corrected chi connectivity index (χ0v) is 14.3. The number of hydrogen-bond donors (Lipinski definition) is 1. The van der Waals surface area contributed by atoms with Crippen molar-refractivity contribution in [2.24, 2.45) is 0 Å². The molecule has 11 heteroatoms. The lowest BCUT2D eigenvalue weighted by Gasteiger charge is -2.24. The topological polar surface area (TPSA) is 46.2 Å². The van der Waals surface area contributed by atoms with E-state index in [0.29, 0.717) is 0 Å². The molecule has 0 aliphatic heterocycles. The van der Waals surface area contributed by atoms with E-state index in [4.69, 9.17) is 46.4 Å². The molecule has 20 heavy (non-hydrogen) atoms. The minimum Gasteiger partial charge on any atom is -0.283 e. The molecule has 1 rings (SSSR count). The van der Waals surface area contributed by atoms with Crippen LogP contribution in [0.1, 0.15) is 0 Å². The van der Waals surface area contributed by atoms with Crippen LogP contribution in [0.15, 0.2) is 23.1 Å². The number of rotatable bonds is 5. The molecule has 1 aromatic carbocycles. The number of sulfonamides is 1. The van der Waals surface area contributed by atoms with Crippen LogP contribution in [0.5, 0.6) is 0 Å². The molecule has 3 nitrogen and oxygen atoms in total. The van der Waals surface area contributed by atoms with E-state index >= 15 is 0 Å². The van der Waals surface area contributed by atoms with Gasteiger partial charge < -0.3 is 0 Å². The Labute approximate surface area is 139 Å². The molecular formula is C9H7Cl4F2NO2S2. The quantitative estimate of drug-likeness (QED) is 0.568. The molecule has 0 saturated heterocycles. The van der Waals surface area contributed by atoms with Crippen LogP contribution in [-0.2, 0) is 10.0 Å². The van der Waals surface area contributed by atoms with E-state index in [1.807, 2.05) is 0 Å². The number of nitrogens with one attached hydrogen (secondary N) is 1. The highest BCUT2D eigenvalue weighted by Gasteiger charge is 2.51. The van der Waals surface area contributed by atoms with Crippen LogP contribution in [0, 0.1) is 0 Å². The fourth-order valence-corrected chi connectivity index (χ4v) is 3.36. The molecule has 0 spiro atoms.